The average molecular weight is 321 g/mol. The predicted molar refractivity (Wildman–Crippen MR) is 83.6 cm³/mol. The van der Waals surface area contributed by atoms with Gasteiger partial charge in [-0.3, -0.25) is 4.79 Å². The van der Waals surface area contributed by atoms with Crippen molar-refractivity contribution < 1.29 is 24.5 Å². The summed E-state index contributed by atoms with van der Waals surface area (Å²) in [5.41, 5.74) is 1.02. The van der Waals surface area contributed by atoms with Crippen molar-refractivity contribution in [2.75, 3.05) is 13.2 Å². The van der Waals surface area contributed by atoms with E-state index in [1.807, 2.05) is 30.3 Å². The number of aliphatic hydroxyl groups is 2. The number of aliphatic hydroxyl groups excluding tert-OH is 2. The summed E-state index contributed by atoms with van der Waals surface area (Å²) < 4.78 is 5.03. The Bertz CT molecular complexity index is 533. The normalized spacial score (nSPS) is 20.2. The average Bonchev–Trinajstić information content (AvgIpc) is 2.92. The van der Waals surface area contributed by atoms with Crippen LogP contribution in [0.2, 0.25) is 0 Å². The quantitative estimate of drug-likeness (QED) is 0.791. The second-order valence-electron chi connectivity index (χ2n) is 5.85. The Labute approximate surface area is 135 Å². The van der Waals surface area contributed by atoms with Crippen LogP contribution in [0.15, 0.2) is 30.3 Å². The molecule has 0 spiro atoms. The summed E-state index contributed by atoms with van der Waals surface area (Å²) in [7, 11) is 0. The molecule has 0 aliphatic carbocycles. The number of hydrogen-bond acceptors (Lipinski definition) is 5. The first-order valence-corrected chi connectivity index (χ1v) is 7.87. The molecule has 23 heavy (non-hydrogen) atoms. The van der Waals surface area contributed by atoms with Gasteiger partial charge in [0.25, 0.3) is 0 Å². The molecule has 1 aromatic rings. The van der Waals surface area contributed by atoms with E-state index in [0.717, 1.165) is 10.5 Å². The fourth-order valence-corrected chi connectivity index (χ4v) is 2.70. The van der Waals surface area contributed by atoms with Gasteiger partial charge in [-0.15, -0.1) is 0 Å². The number of carbonyl (C=O) groups is 2. The smallest absolute Gasteiger partial charge is 0.416 e. The Morgan fingerprint density at radius 3 is 2.74 bits per heavy atom. The fourth-order valence-electron chi connectivity index (χ4n) is 2.70. The third kappa shape index (κ3) is 4.30. The van der Waals surface area contributed by atoms with Gasteiger partial charge in [-0.05, 0) is 24.8 Å². The summed E-state index contributed by atoms with van der Waals surface area (Å²) in [5, 5.41) is 18.8. The number of imide groups is 1. The number of benzene rings is 1. The van der Waals surface area contributed by atoms with Crippen molar-refractivity contribution in [1.29, 1.82) is 0 Å². The molecule has 2 N–H and O–H groups in total. The molecular weight excluding hydrogens is 298 g/mol. The first-order chi connectivity index (χ1) is 11.0. The van der Waals surface area contributed by atoms with Crippen molar-refractivity contribution in [1.82, 2.24) is 4.90 Å². The molecule has 1 saturated heterocycles. The van der Waals surface area contributed by atoms with Gasteiger partial charge >= 0.3 is 6.09 Å². The minimum Gasteiger partial charge on any atom is -0.447 e. The van der Waals surface area contributed by atoms with E-state index in [4.69, 9.17) is 9.84 Å². The minimum atomic E-state index is -0.888. The Kier molecular flexibility index (Phi) is 6.12. The molecule has 0 radical (unpaired) electrons. The SMILES string of the molecule is C[C@@H](C(=O)N1C(=O)OC[C@H]1Cc1ccccc1)[C@@H](O)CCCO. The molecule has 1 fully saturated rings. The molecule has 0 bridgehead atoms. The number of rotatable bonds is 7. The van der Waals surface area contributed by atoms with E-state index in [-0.39, 0.29) is 19.3 Å². The van der Waals surface area contributed by atoms with E-state index in [1.165, 1.54) is 0 Å². The summed E-state index contributed by atoms with van der Waals surface area (Å²) in [6.07, 6.45) is -0.290. The standard InChI is InChI=1S/C17H23NO5/c1-12(15(20)8-5-9-19)16(21)18-14(11-23-17(18)22)10-13-6-3-2-4-7-13/h2-4,6-7,12,14-15,19-20H,5,8-11H2,1H3/t12-,14-,15+/m1/s1. The lowest BCUT2D eigenvalue weighted by Crippen LogP contribution is -2.45. The Morgan fingerprint density at radius 2 is 2.09 bits per heavy atom. The zero-order valence-electron chi connectivity index (χ0n) is 13.2. The lowest BCUT2D eigenvalue weighted by Gasteiger charge is -2.25. The Balaban J connectivity index is 2.05. The van der Waals surface area contributed by atoms with Crippen LogP contribution in [0.1, 0.15) is 25.3 Å². The molecule has 0 aromatic heterocycles. The maximum absolute atomic E-state index is 12.6. The lowest BCUT2D eigenvalue weighted by molar-refractivity contribution is -0.136. The number of nitrogens with zero attached hydrogens (tertiary/aromatic N) is 1. The highest BCUT2D eigenvalue weighted by Crippen LogP contribution is 2.22. The highest BCUT2D eigenvalue weighted by Gasteiger charge is 2.41. The lowest BCUT2D eigenvalue weighted by atomic mass is 9.97. The van der Waals surface area contributed by atoms with Crippen LogP contribution in [-0.4, -0.2) is 52.5 Å². The largest absolute Gasteiger partial charge is 0.447 e. The van der Waals surface area contributed by atoms with Crippen molar-refractivity contribution in [2.24, 2.45) is 5.92 Å². The van der Waals surface area contributed by atoms with Gasteiger partial charge in [-0.1, -0.05) is 37.3 Å². The van der Waals surface area contributed by atoms with E-state index in [0.29, 0.717) is 19.3 Å². The van der Waals surface area contributed by atoms with Gasteiger partial charge in [-0.2, -0.15) is 0 Å². The van der Waals surface area contributed by atoms with Gasteiger partial charge < -0.3 is 14.9 Å². The van der Waals surface area contributed by atoms with Crippen molar-refractivity contribution in [3.8, 4) is 0 Å². The molecule has 3 atom stereocenters. The molecule has 1 aliphatic heterocycles. The molecule has 6 heteroatoms. The van der Waals surface area contributed by atoms with Gasteiger partial charge in [0.05, 0.1) is 18.1 Å². The minimum absolute atomic E-state index is 0.0413. The van der Waals surface area contributed by atoms with E-state index in [9.17, 15) is 14.7 Å². The number of cyclic esters (lactones) is 1. The summed E-state index contributed by atoms with van der Waals surface area (Å²) in [4.78, 5) is 25.6. The van der Waals surface area contributed by atoms with Crippen molar-refractivity contribution in [2.45, 2.75) is 38.3 Å². The van der Waals surface area contributed by atoms with Crippen LogP contribution in [0.5, 0.6) is 0 Å². The van der Waals surface area contributed by atoms with Crippen molar-refractivity contribution in [3.63, 3.8) is 0 Å². The molecule has 126 valence electrons. The molecule has 0 unspecified atom stereocenters. The van der Waals surface area contributed by atoms with Crippen LogP contribution in [0.25, 0.3) is 0 Å². The summed E-state index contributed by atoms with van der Waals surface area (Å²) >= 11 is 0. The topological polar surface area (TPSA) is 87.1 Å². The van der Waals surface area contributed by atoms with Gasteiger partial charge in [0, 0.05) is 6.61 Å². The number of amides is 2. The molecule has 2 amide bonds. The first-order valence-electron chi connectivity index (χ1n) is 7.87. The van der Waals surface area contributed by atoms with Crippen LogP contribution in [-0.2, 0) is 16.0 Å². The first kappa shape index (κ1) is 17.4. The summed E-state index contributed by atoms with van der Waals surface area (Å²) in [6.45, 7) is 1.72. The van der Waals surface area contributed by atoms with E-state index >= 15 is 0 Å². The predicted octanol–water partition coefficient (Wildman–Crippen LogP) is 1.35. The number of carbonyl (C=O) groups excluding carboxylic acids is 2. The van der Waals surface area contributed by atoms with Crippen LogP contribution in [0, 0.1) is 5.92 Å². The maximum Gasteiger partial charge on any atom is 0.416 e. The van der Waals surface area contributed by atoms with Gasteiger partial charge in [0.1, 0.15) is 6.61 Å². The van der Waals surface area contributed by atoms with Crippen molar-refractivity contribution in [3.05, 3.63) is 35.9 Å². The Morgan fingerprint density at radius 1 is 1.39 bits per heavy atom. The van der Waals surface area contributed by atoms with Gasteiger partial charge in [0.2, 0.25) is 5.91 Å². The number of ether oxygens (including phenoxy) is 1. The zero-order valence-corrected chi connectivity index (χ0v) is 13.2. The number of hydrogen-bond donors (Lipinski definition) is 2. The molecule has 6 nitrogen and oxygen atoms in total. The van der Waals surface area contributed by atoms with E-state index in [2.05, 4.69) is 0 Å². The van der Waals surface area contributed by atoms with Crippen LogP contribution in [0.4, 0.5) is 4.79 Å². The second kappa shape index (κ2) is 8.08. The summed E-state index contributed by atoms with van der Waals surface area (Å²) in [6, 6.07) is 9.23. The van der Waals surface area contributed by atoms with Gasteiger partial charge in [0.15, 0.2) is 0 Å². The van der Waals surface area contributed by atoms with Crippen LogP contribution < -0.4 is 0 Å². The van der Waals surface area contributed by atoms with Crippen molar-refractivity contribution >= 4 is 12.0 Å². The molecule has 0 saturated carbocycles. The molecule has 1 aliphatic rings. The monoisotopic (exact) mass is 321 g/mol. The maximum atomic E-state index is 12.6. The van der Waals surface area contributed by atoms with E-state index in [1.54, 1.807) is 6.92 Å². The van der Waals surface area contributed by atoms with Gasteiger partial charge in [-0.25, -0.2) is 9.69 Å². The molecule has 2 rings (SSSR count). The molecular formula is C17H23NO5. The molecule has 1 heterocycles. The molecule has 1 aromatic carbocycles. The second-order valence-corrected chi connectivity index (χ2v) is 5.85. The fraction of sp³-hybridized carbons (Fsp3) is 0.529. The third-order valence-corrected chi connectivity index (χ3v) is 4.14. The zero-order chi connectivity index (χ0) is 16.8. The third-order valence-electron chi connectivity index (χ3n) is 4.14. The van der Waals surface area contributed by atoms with Crippen LogP contribution >= 0.6 is 0 Å². The highest BCUT2D eigenvalue weighted by molar-refractivity contribution is 5.94. The summed E-state index contributed by atoms with van der Waals surface area (Å²) in [5.74, 6) is -1.15. The van der Waals surface area contributed by atoms with E-state index < -0.39 is 24.0 Å². The van der Waals surface area contributed by atoms with Crippen LogP contribution in [0.3, 0.4) is 0 Å². The Hall–Kier alpha value is -1.92. The highest BCUT2D eigenvalue weighted by atomic mass is 16.6.